The van der Waals surface area contributed by atoms with Crippen molar-refractivity contribution >= 4 is 11.0 Å². The first kappa shape index (κ1) is 15.8. The molecule has 0 unspecified atom stereocenters. The minimum Gasteiger partial charge on any atom is -0.478 e. The molecule has 0 amide bonds. The molecule has 0 radical (unpaired) electrons. The number of halogens is 1. The second-order valence-corrected chi connectivity index (χ2v) is 6.33. The normalized spacial score (nSPS) is 14.3. The third-order valence-corrected chi connectivity index (χ3v) is 4.62. The zero-order valence-electron chi connectivity index (χ0n) is 13.9. The first-order valence-electron chi connectivity index (χ1n) is 8.27. The van der Waals surface area contributed by atoms with Crippen LogP contribution in [0.4, 0.5) is 4.39 Å². The van der Waals surface area contributed by atoms with E-state index in [1.54, 1.807) is 12.1 Å². The first-order valence-corrected chi connectivity index (χ1v) is 8.27. The van der Waals surface area contributed by atoms with Crippen LogP contribution in [0.25, 0.3) is 11.0 Å². The van der Waals surface area contributed by atoms with Crippen LogP contribution in [-0.2, 0) is 13.0 Å². The topological polar surface area (TPSA) is 42.7 Å². The molecule has 25 heavy (non-hydrogen) atoms. The summed E-state index contributed by atoms with van der Waals surface area (Å²) in [5, 5.41) is 0.915. The molecule has 5 heteroatoms. The summed E-state index contributed by atoms with van der Waals surface area (Å²) in [6.45, 7) is 3.59. The quantitative estimate of drug-likeness (QED) is 0.684. The number of nitrogens with zero attached hydrogens (tertiary/aromatic N) is 1. The van der Waals surface area contributed by atoms with E-state index in [0.29, 0.717) is 37.4 Å². The van der Waals surface area contributed by atoms with E-state index in [-0.39, 0.29) is 11.4 Å². The van der Waals surface area contributed by atoms with Crippen molar-refractivity contribution in [3.05, 3.63) is 75.4 Å². The molecule has 3 aromatic rings. The molecule has 0 saturated heterocycles. The summed E-state index contributed by atoms with van der Waals surface area (Å²) in [4.78, 5) is 13.8. The number of ether oxygens (including phenoxy) is 1. The Hall–Kier alpha value is -2.66. The highest BCUT2D eigenvalue weighted by molar-refractivity contribution is 5.85. The van der Waals surface area contributed by atoms with Crippen LogP contribution in [0.15, 0.2) is 51.7 Å². The third-order valence-electron chi connectivity index (χ3n) is 4.62. The predicted octanol–water partition coefficient (Wildman–Crippen LogP) is 3.64. The Kier molecular flexibility index (Phi) is 4.01. The highest BCUT2D eigenvalue weighted by Gasteiger charge is 2.22. The summed E-state index contributed by atoms with van der Waals surface area (Å²) in [6, 6.07) is 12.1. The Morgan fingerprint density at radius 2 is 2.04 bits per heavy atom. The maximum Gasteiger partial charge on any atom is 0.336 e. The summed E-state index contributed by atoms with van der Waals surface area (Å²) < 4.78 is 25.0. The summed E-state index contributed by atoms with van der Waals surface area (Å²) in [6.07, 6.45) is 0.596. The molecule has 1 aromatic heterocycles. The average molecular weight is 339 g/mol. The van der Waals surface area contributed by atoms with Gasteiger partial charge in [-0.2, -0.15) is 0 Å². The summed E-state index contributed by atoms with van der Waals surface area (Å²) in [5.41, 5.74) is 2.67. The molecule has 1 aliphatic rings. The molecule has 4 rings (SSSR count). The Morgan fingerprint density at radius 1 is 1.20 bits per heavy atom. The van der Waals surface area contributed by atoms with E-state index in [2.05, 4.69) is 4.90 Å². The van der Waals surface area contributed by atoms with Crippen LogP contribution in [0.1, 0.15) is 16.7 Å². The van der Waals surface area contributed by atoms with Crippen LogP contribution in [0, 0.1) is 12.7 Å². The second kappa shape index (κ2) is 6.33. The molecule has 0 fully saturated rings. The molecular formula is C20H18FNO3. The molecule has 0 atom stereocenters. The van der Waals surface area contributed by atoms with Crippen LogP contribution in [-0.4, -0.2) is 18.2 Å². The fraction of sp³-hybridized carbons (Fsp3) is 0.250. The van der Waals surface area contributed by atoms with E-state index >= 15 is 0 Å². The van der Waals surface area contributed by atoms with E-state index in [1.165, 1.54) is 12.1 Å². The molecule has 0 N–H and O–H groups in total. The molecule has 2 aromatic carbocycles. The Morgan fingerprint density at radius 3 is 2.88 bits per heavy atom. The lowest BCUT2D eigenvalue weighted by molar-refractivity contribution is 0.0965. The lowest BCUT2D eigenvalue weighted by Crippen LogP contribution is -2.33. The van der Waals surface area contributed by atoms with E-state index in [4.69, 9.17) is 9.15 Å². The van der Waals surface area contributed by atoms with Crippen LogP contribution >= 0.6 is 0 Å². The van der Waals surface area contributed by atoms with E-state index in [1.807, 2.05) is 25.1 Å². The lowest BCUT2D eigenvalue weighted by Gasteiger charge is -2.29. The van der Waals surface area contributed by atoms with Gasteiger partial charge in [0.1, 0.15) is 23.9 Å². The first-order chi connectivity index (χ1) is 12.1. The van der Waals surface area contributed by atoms with Crippen molar-refractivity contribution in [3.63, 3.8) is 0 Å². The zero-order chi connectivity index (χ0) is 17.4. The molecule has 0 bridgehead atoms. The summed E-state index contributed by atoms with van der Waals surface area (Å²) >= 11 is 0. The smallest absolute Gasteiger partial charge is 0.336 e. The summed E-state index contributed by atoms with van der Waals surface area (Å²) in [7, 11) is 0. The van der Waals surface area contributed by atoms with Crippen LogP contribution in [0.3, 0.4) is 0 Å². The number of benzene rings is 2. The minimum atomic E-state index is -0.359. The number of rotatable bonds is 3. The van der Waals surface area contributed by atoms with E-state index < -0.39 is 0 Å². The van der Waals surface area contributed by atoms with Gasteiger partial charge in [-0.15, -0.1) is 0 Å². The van der Waals surface area contributed by atoms with Gasteiger partial charge in [0.05, 0.1) is 5.56 Å². The van der Waals surface area contributed by atoms with Gasteiger partial charge >= 0.3 is 5.63 Å². The summed E-state index contributed by atoms with van der Waals surface area (Å²) in [5.74, 6) is 0.552. The van der Waals surface area contributed by atoms with Gasteiger partial charge in [0.25, 0.3) is 0 Å². The highest BCUT2D eigenvalue weighted by atomic mass is 19.1. The van der Waals surface area contributed by atoms with Crippen molar-refractivity contribution in [3.8, 4) is 5.75 Å². The van der Waals surface area contributed by atoms with Gasteiger partial charge in [0.2, 0.25) is 0 Å². The van der Waals surface area contributed by atoms with Gasteiger partial charge in [-0.05, 0) is 42.7 Å². The van der Waals surface area contributed by atoms with E-state index in [9.17, 15) is 9.18 Å². The van der Waals surface area contributed by atoms with Crippen molar-refractivity contribution in [2.45, 2.75) is 19.9 Å². The molecule has 4 nitrogen and oxygen atoms in total. The Bertz CT molecular complexity index is 996. The van der Waals surface area contributed by atoms with Gasteiger partial charge in [-0.25, -0.2) is 9.18 Å². The van der Waals surface area contributed by atoms with Gasteiger partial charge in [-0.3, -0.25) is 4.90 Å². The monoisotopic (exact) mass is 339 g/mol. The maximum absolute atomic E-state index is 13.8. The lowest BCUT2D eigenvalue weighted by atomic mass is 10.0. The number of hydrogen-bond acceptors (Lipinski definition) is 4. The van der Waals surface area contributed by atoms with Crippen LogP contribution < -0.4 is 10.4 Å². The van der Waals surface area contributed by atoms with Crippen molar-refractivity contribution in [2.75, 3.05) is 13.3 Å². The van der Waals surface area contributed by atoms with Gasteiger partial charge in [0, 0.05) is 24.5 Å². The zero-order valence-corrected chi connectivity index (χ0v) is 13.9. The molecule has 1 aliphatic heterocycles. The highest BCUT2D eigenvalue weighted by Crippen LogP contribution is 2.32. The van der Waals surface area contributed by atoms with Crippen LogP contribution in [0.2, 0.25) is 0 Å². The van der Waals surface area contributed by atoms with Crippen molar-refractivity contribution in [1.82, 2.24) is 4.90 Å². The molecule has 0 spiro atoms. The van der Waals surface area contributed by atoms with Gasteiger partial charge in [0.15, 0.2) is 0 Å². The molecule has 0 saturated carbocycles. The number of hydrogen-bond donors (Lipinski definition) is 0. The van der Waals surface area contributed by atoms with Crippen LogP contribution in [0.5, 0.6) is 5.75 Å². The molecule has 0 aliphatic carbocycles. The van der Waals surface area contributed by atoms with Crippen molar-refractivity contribution in [1.29, 1.82) is 0 Å². The number of fused-ring (bicyclic) bond motifs is 3. The predicted molar refractivity (Wildman–Crippen MR) is 93.2 cm³/mol. The second-order valence-electron chi connectivity index (χ2n) is 6.33. The van der Waals surface area contributed by atoms with Gasteiger partial charge in [-0.1, -0.05) is 18.2 Å². The Balaban J connectivity index is 1.61. The van der Waals surface area contributed by atoms with Crippen molar-refractivity contribution < 1.29 is 13.5 Å². The molecule has 2 heterocycles. The van der Waals surface area contributed by atoms with Gasteiger partial charge < -0.3 is 9.15 Å². The minimum absolute atomic E-state index is 0.187. The average Bonchev–Trinajstić information content (AvgIpc) is 2.60. The van der Waals surface area contributed by atoms with Crippen molar-refractivity contribution in [2.24, 2.45) is 0 Å². The van der Waals surface area contributed by atoms with E-state index in [0.717, 1.165) is 22.3 Å². The molecule has 128 valence electrons. The standard InChI is InChI=1S/C20H18FNO3/c1-13-10-19(23)25-20-15(13)6-7-18-16(20)11-22(12-24-18)9-8-14-4-2-3-5-17(14)21/h2-7,10H,8-9,11-12H2,1H3. The Labute approximate surface area is 144 Å². The number of aryl methyl sites for hydroxylation is 1. The SMILES string of the molecule is Cc1cc(=O)oc2c3c(ccc12)OCN(CCc1ccccc1F)C3. The fourth-order valence-electron chi connectivity index (χ4n) is 3.26. The third kappa shape index (κ3) is 3.03. The molecular weight excluding hydrogens is 321 g/mol. The largest absolute Gasteiger partial charge is 0.478 e. The fourth-order valence-corrected chi connectivity index (χ4v) is 3.26. The maximum atomic E-state index is 13.8.